The number of nitrogens with zero attached hydrogens (tertiary/aromatic N) is 2. The summed E-state index contributed by atoms with van der Waals surface area (Å²) in [6.45, 7) is 7.56. The van der Waals surface area contributed by atoms with Gasteiger partial charge >= 0.3 is 0 Å². The first-order chi connectivity index (χ1) is 26.8. The maximum Gasteiger partial charge on any atom is 0.227 e. The van der Waals surface area contributed by atoms with Crippen molar-refractivity contribution in [1.82, 2.24) is 10.2 Å². The number of nitrogens with one attached hydrogen (secondary N) is 1. The molecule has 0 spiro atoms. The summed E-state index contributed by atoms with van der Waals surface area (Å²) in [5.74, 6) is -4.14. The van der Waals surface area contributed by atoms with E-state index in [-0.39, 0.29) is 85.8 Å². The van der Waals surface area contributed by atoms with Crippen LogP contribution in [0, 0.1) is 30.1 Å². The van der Waals surface area contributed by atoms with E-state index in [0.29, 0.717) is 16.7 Å². The number of hydrogen-bond donors (Lipinski definition) is 4. The molecule has 2 amide bonds. The molecule has 3 aromatic rings. The number of rotatable bonds is 16. The van der Waals surface area contributed by atoms with Crippen LogP contribution in [-0.4, -0.2) is 63.4 Å². The van der Waals surface area contributed by atoms with Crippen molar-refractivity contribution >= 4 is 29.2 Å². The lowest BCUT2D eigenvalue weighted by atomic mass is 9.87. The third-order valence-electron chi connectivity index (χ3n) is 10.7. The van der Waals surface area contributed by atoms with Gasteiger partial charge in [0.1, 0.15) is 17.5 Å². The number of benzene rings is 3. The number of carbonyl (C=O) groups is 5. The number of ketones is 3. The molecule has 0 saturated heterocycles. The average molecular weight is 765 g/mol. The molecule has 0 unspecified atom stereocenters. The first-order valence-electron chi connectivity index (χ1n) is 19.8. The molecule has 4 rings (SSSR count). The summed E-state index contributed by atoms with van der Waals surface area (Å²) in [4.78, 5) is 71.1. The number of phenols is 2. The number of Topliss-reactive ketones (excluding diaryl/α,β-unsaturated/α-hetero) is 3. The predicted octanol–water partition coefficient (Wildman–Crippen LogP) is 6.83. The van der Waals surface area contributed by atoms with Crippen LogP contribution in [0.5, 0.6) is 11.5 Å². The van der Waals surface area contributed by atoms with Gasteiger partial charge < -0.3 is 26.2 Å². The number of fused-ring (bicyclic) bond motifs is 5. The molecule has 1 heterocycles. The zero-order valence-electron chi connectivity index (χ0n) is 33.1. The summed E-state index contributed by atoms with van der Waals surface area (Å²) in [6.07, 6.45) is 5.19. The number of phenolic OH excluding ortho intramolecular Hbond substituents is 2. The van der Waals surface area contributed by atoms with Crippen LogP contribution < -0.4 is 11.1 Å². The lowest BCUT2D eigenvalue weighted by molar-refractivity contribution is -0.144. The number of carbonyl (C=O) groups excluding carboxylic acids is 5. The van der Waals surface area contributed by atoms with Crippen molar-refractivity contribution in [2.75, 3.05) is 13.1 Å². The molecule has 0 radical (unpaired) electrons. The largest absolute Gasteiger partial charge is 0.507 e. The van der Waals surface area contributed by atoms with Crippen LogP contribution in [0.2, 0.25) is 0 Å². The molecule has 0 aromatic heterocycles. The van der Waals surface area contributed by atoms with E-state index in [1.807, 2.05) is 31.2 Å². The summed E-state index contributed by atoms with van der Waals surface area (Å²) in [5.41, 5.74) is 9.87. The maximum absolute atomic E-state index is 14.6. The lowest BCUT2D eigenvalue weighted by Crippen LogP contribution is -2.46. The van der Waals surface area contributed by atoms with Crippen molar-refractivity contribution in [2.45, 2.75) is 110 Å². The highest BCUT2D eigenvalue weighted by Crippen LogP contribution is 2.40. The summed E-state index contributed by atoms with van der Waals surface area (Å²) >= 11 is 0. The van der Waals surface area contributed by atoms with Gasteiger partial charge in [-0.3, -0.25) is 24.0 Å². The highest BCUT2D eigenvalue weighted by molar-refractivity contribution is 6.01. The van der Waals surface area contributed by atoms with Gasteiger partial charge in [0.15, 0.2) is 17.3 Å². The Balaban J connectivity index is 1.73. The number of unbranched alkanes of at least 4 members (excludes halogenated alkanes) is 3. The van der Waals surface area contributed by atoms with Crippen LogP contribution in [0.15, 0.2) is 54.6 Å². The monoisotopic (exact) mass is 764 g/mol. The Kier molecular flexibility index (Phi) is 15.9. The fraction of sp³-hybridized carbons (Fsp3) is 0.467. The minimum atomic E-state index is -1.23. The number of hydrogen-bond acceptors (Lipinski definition) is 9. The molecule has 5 N–H and O–H groups in total. The molecule has 4 bridgehead atoms. The third kappa shape index (κ3) is 10.9. The van der Waals surface area contributed by atoms with Crippen molar-refractivity contribution in [3.8, 4) is 28.7 Å². The smallest absolute Gasteiger partial charge is 0.227 e. The first-order valence-corrected chi connectivity index (χ1v) is 19.8. The Morgan fingerprint density at radius 1 is 0.964 bits per heavy atom. The first kappa shape index (κ1) is 43.4. The molecule has 4 atom stereocenters. The molecule has 0 saturated carbocycles. The standard InChI is InChI=1S/C45H56N4O7/c1-5-7-8-9-11-30-13-16-34(28(3)22-30)41(53)27-33(19-21-47)45(56)49(6-2)43-32-15-18-39(51)36(26-32)35-24-31(14-17-38(35)50)25-37(40(52)12-10-20-46)48-44(55)29(4)23-42(43)54/h13-18,22,24,26,29,33,37,43,50-51H,5-12,19,21,23,25,27,47H2,1-4H3,(H,48,55)/t29-,33-,37+,43+/m1/s1. The average Bonchev–Trinajstić information content (AvgIpc) is 3.17. The van der Waals surface area contributed by atoms with Crippen LogP contribution in [0.25, 0.3) is 11.1 Å². The molecule has 1 aliphatic heterocycles. The zero-order chi connectivity index (χ0) is 40.9. The fourth-order valence-electron chi connectivity index (χ4n) is 7.56. The molecular formula is C45H56N4O7. The number of aromatic hydroxyl groups is 2. The topological polar surface area (TPSA) is 191 Å². The molecule has 56 heavy (non-hydrogen) atoms. The number of likely N-dealkylation sites (N-methyl/N-ethyl adjacent to an activating group) is 1. The summed E-state index contributed by atoms with van der Waals surface area (Å²) in [6, 6.07) is 14.6. The fourth-order valence-corrected chi connectivity index (χ4v) is 7.56. The van der Waals surface area contributed by atoms with Gasteiger partial charge in [-0.05, 0) is 92.6 Å². The summed E-state index contributed by atoms with van der Waals surface area (Å²) in [5, 5.41) is 33.9. The van der Waals surface area contributed by atoms with E-state index in [1.165, 1.54) is 29.5 Å². The molecule has 0 fully saturated rings. The Morgan fingerprint density at radius 2 is 1.68 bits per heavy atom. The lowest BCUT2D eigenvalue weighted by Gasteiger charge is -2.34. The number of amides is 2. The minimum Gasteiger partial charge on any atom is -0.507 e. The van der Waals surface area contributed by atoms with Crippen LogP contribution >= 0.6 is 0 Å². The van der Waals surface area contributed by atoms with Crippen molar-refractivity contribution in [3.63, 3.8) is 0 Å². The zero-order valence-corrected chi connectivity index (χ0v) is 33.1. The molecule has 11 heteroatoms. The summed E-state index contributed by atoms with van der Waals surface area (Å²) in [7, 11) is 0. The van der Waals surface area contributed by atoms with Gasteiger partial charge in [0.25, 0.3) is 0 Å². The third-order valence-corrected chi connectivity index (χ3v) is 10.7. The highest BCUT2D eigenvalue weighted by atomic mass is 16.3. The van der Waals surface area contributed by atoms with Gasteiger partial charge in [-0.1, -0.05) is 63.4 Å². The second kappa shape index (κ2) is 20.5. The van der Waals surface area contributed by atoms with E-state index in [0.717, 1.165) is 36.8 Å². The highest BCUT2D eigenvalue weighted by Gasteiger charge is 2.37. The predicted molar refractivity (Wildman–Crippen MR) is 215 cm³/mol. The van der Waals surface area contributed by atoms with E-state index < -0.39 is 41.5 Å². The number of aryl methyl sites for hydroxylation is 2. The van der Waals surface area contributed by atoms with Gasteiger partial charge in [-0.25, -0.2) is 0 Å². The van der Waals surface area contributed by atoms with Crippen LogP contribution in [0.1, 0.15) is 117 Å². The second-order valence-corrected chi connectivity index (χ2v) is 15.0. The van der Waals surface area contributed by atoms with E-state index >= 15 is 0 Å². The molecule has 11 nitrogen and oxygen atoms in total. The Morgan fingerprint density at radius 3 is 2.34 bits per heavy atom. The maximum atomic E-state index is 14.6. The van der Waals surface area contributed by atoms with Crippen molar-refractivity contribution < 1.29 is 34.2 Å². The normalized spacial score (nSPS) is 17.6. The van der Waals surface area contributed by atoms with E-state index in [1.54, 1.807) is 32.0 Å². The Labute approximate surface area is 330 Å². The SMILES string of the molecule is CCCCCCc1ccc(C(=O)C[C@@H](CCN)C(=O)N(CC)[C@@H]2C(=O)C[C@@H](C)C(=O)N[C@H](C(=O)CCC#N)Cc3ccc(O)c(c3)-c3cc2ccc3O)c(C)c1. The Bertz CT molecular complexity index is 1950. The van der Waals surface area contributed by atoms with Gasteiger partial charge in [0.2, 0.25) is 11.8 Å². The van der Waals surface area contributed by atoms with Gasteiger partial charge in [0, 0.05) is 60.8 Å². The molecule has 1 aliphatic rings. The van der Waals surface area contributed by atoms with Gasteiger partial charge in [-0.15, -0.1) is 0 Å². The van der Waals surface area contributed by atoms with Crippen molar-refractivity contribution in [1.29, 1.82) is 5.26 Å². The second-order valence-electron chi connectivity index (χ2n) is 15.0. The molecule has 0 aliphatic carbocycles. The number of nitriles is 1. The molecule has 298 valence electrons. The van der Waals surface area contributed by atoms with Crippen molar-refractivity contribution in [2.24, 2.45) is 17.6 Å². The Hall–Kier alpha value is -5.34. The van der Waals surface area contributed by atoms with E-state index in [2.05, 4.69) is 12.2 Å². The van der Waals surface area contributed by atoms with Crippen molar-refractivity contribution in [3.05, 3.63) is 82.4 Å². The van der Waals surface area contributed by atoms with E-state index in [9.17, 15) is 34.2 Å². The van der Waals surface area contributed by atoms with Gasteiger partial charge in [-0.2, -0.15) is 5.26 Å². The van der Waals surface area contributed by atoms with E-state index in [4.69, 9.17) is 11.0 Å². The quantitative estimate of drug-likeness (QED) is 0.0894. The van der Waals surface area contributed by atoms with Crippen LogP contribution in [-0.2, 0) is 32.0 Å². The minimum absolute atomic E-state index is 0.0366. The van der Waals surface area contributed by atoms with Crippen LogP contribution in [0.4, 0.5) is 0 Å². The number of nitrogens with two attached hydrogens (primary N) is 1. The van der Waals surface area contributed by atoms with Gasteiger partial charge in [0.05, 0.1) is 12.1 Å². The summed E-state index contributed by atoms with van der Waals surface area (Å²) < 4.78 is 0. The molecular weight excluding hydrogens is 709 g/mol. The molecule has 3 aromatic carbocycles. The van der Waals surface area contributed by atoms with Crippen LogP contribution in [0.3, 0.4) is 0 Å².